The molecule has 0 spiro atoms. The Morgan fingerprint density at radius 3 is 1.68 bits per heavy atom. The Balaban J connectivity index is 1.77. The Bertz CT molecular complexity index is 909. The van der Waals surface area contributed by atoms with E-state index in [9.17, 15) is 0 Å². The molecule has 3 aromatic rings. The molecule has 3 aromatic carbocycles. The molecule has 0 amide bonds. The maximum Gasteiger partial charge on any atom is 0.116 e. The predicted octanol–water partition coefficient (Wildman–Crippen LogP) is 6.20. The molecule has 2 heterocycles. The highest BCUT2D eigenvalue weighted by Gasteiger charge is 2.42. The van der Waals surface area contributed by atoms with Gasteiger partial charge in [0.15, 0.2) is 0 Å². The molecule has 28 heavy (non-hydrogen) atoms. The van der Waals surface area contributed by atoms with Gasteiger partial charge in [0.1, 0.15) is 5.54 Å². The van der Waals surface area contributed by atoms with Gasteiger partial charge in [0.2, 0.25) is 0 Å². The van der Waals surface area contributed by atoms with Crippen molar-refractivity contribution in [1.82, 2.24) is 4.90 Å². The van der Waals surface area contributed by atoms with Crippen LogP contribution in [0, 0.1) is 0 Å². The minimum atomic E-state index is -0.355. The zero-order valence-electron chi connectivity index (χ0n) is 15.8. The summed E-state index contributed by atoms with van der Waals surface area (Å²) in [6.07, 6.45) is 5.82. The quantitative estimate of drug-likeness (QED) is 0.495. The summed E-state index contributed by atoms with van der Waals surface area (Å²) in [5, 5.41) is 0. The number of hydrogen-bond donors (Lipinski definition) is 0. The van der Waals surface area contributed by atoms with Gasteiger partial charge in [-0.25, -0.2) is 0 Å². The van der Waals surface area contributed by atoms with E-state index in [4.69, 9.17) is 0 Å². The van der Waals surface area contributed by atoms with E-state index in [1.807, 2.05) is 11.8 Å². The normalized spacial score (nSPS) is 16.4. The molecular formula is C26H23NS. The molecule has 2 aliphatic heterocycles. The summed E-state index contributed by atoms with van der Waals surface area (Å²) in [7, 11) is 0. The first-order chi connectivity index (χ1) is 13.9. The van der Waals surface area contributed by atoms with Crippen LogP contribution >= 0.6 is 11.8 Å². The highest BCUT2D eigenvalue weighted by Crippen LogP contribution is 2.46. The molecule has 0 radical (unpaired) electrons. The van der Waals surface area contributed by atoms with E-state index in [0.29, 0.717) is 0 Å². The van der Waals surface area contributed by atoms with Crippen LogP contribution in [-0.4, -0.2) is 17.2 Å². The van der Waals surface area contributed by atoms with Gasteiger partial charge in [-0.15, -0.1) is 11.8 Å². The second kappa shape index (κ2) is 7.37. The number of allylic oxidation sites excluding steroid dienone is 1. The lowest BCUT2D eigenvalue weighted by Gasteiger charge is -2.46. The van der Waals surface area contributed by atoms with E-state index in [1.54, 1.807) is 5.57 Å². The van der Waals surface area contributed by atoms with Gasteiger partial charge in [0.05, 0.1) is 0 Å². The number of hydrogen-bond acceptors (Lipinski definition) is 2. The fourth-order valence-corrected chi connectivity index (χ4v) is 5.61. The first-order valence-electron chi connectivity index (χ1n) is 9.85. The molecule has 5 rings (SSSR count). The van der Waals surface area contributed by atoms with Crippen molar-refractivity contribution in [3.63, 3.8) is 0 Å². The van der Waals surface area contributed by atoms with Crippen LogP contribution in [0.2, 0.25) is 0 Å². The maximum atomic E-state index is 2.54. The van der Waals surface area contributed by atoms with E-state index in [2.05, 4.69) is 108 Å². The standard InChI is InChI=1S/C26H23NS/c1-4-10-22(11-5-1)26(23-12-6-2-7-13-23,24-14-8-3-9-15-24)27-18-16-25-21(20-27)17-19-28-25/h1-16,18H,17,19-20H2. The van der Waals surface area contributed by atoms with Gasteiger partial charge in [-0.05, 0) is 34.8 Å². The molecule has 0 unspecified atom stereocenters. The van der Waals surface area contributed by atoms with E-state index in [-0.39, 0.29) is 5.54 Å². The van der Waals surface area contributed by atoms with Gasteiger partial charge in [0.25, 0.3) is 0 Å². The molecule has 0 fully saturated rings. The Hall–Kier alpha value is -2.71. The summed E-state index contributed by atoms with van der Waals surface area (Å²) < 4.78 is 0. The molecule has 0 atom stereocenters. The van der Waals surface area contributed by atoms with Crippen LogP contribution in [0.3, 0.4) is 0 Å². The van der Waals surface area contributed by atoms with Crippen LogP contribution < -0.4 is 0 Å². The minimum Gasteiger partial charge on any atom is -0.356 e. The van der Waals surface area contributed by atoms with Crippen molar-refractivity contribution in [2.75, 3.05) is 12.3 Å². The van der Waals surface area contributed by atoms with Crippen LogP contribution in [0.15, 0.2) is 114 Å². The Morgan fingerprint density at radius 1 is 0.679 bits per heavy atom. The molecule has 2 aliphatic rings. The number of thioether (sulfide) groups is 1. The SMILES string of the molecule is C1=CN(C(c2ccccc2)(c2ccccc2)c2ccccc2)CC2=C1SCC2. The average molecular weight is 382 g/mol. The first-order valence-corrected chi connectivity index (χ1v) is 10.8. The molecule has 138 valence electrons. The van der Waals surface area contributed by atoms with Gasteiger partial charge in [0, 0.05) is 23.4 Å². The van der Waals surface area contributed by atoms with Crippen LogP contribution in [0.4, 0.5) is 0 Å². The zero-order chi connectivity index (χ0) is 18.8. The van der Waals surface area contributed by atoms with E-state index >= 15 is 0 Å². The third kappa shape index (κ3) is 2.80. The summed E-state index contributed by atoms with van der Waals surface area (Å²) in [6, 6.07) is 32.8. The van der Waals surface area contributed by atoms with Crippen molar-refractivity contribution in [3.8, 4) is 0 Å². The highest BCUT2D eigenvalue weighted by atomic mass is 32.2. The van der Waals surface area contributed by atoms with Gasteiger partial charge in [-0.1, -0.05) is 91.0 Å². The largest absolute Gasteiger partial charge is 0.356 e. The molecular weight excluding hydrogens is 358 g/mol. The van der Waals surface area contributed by atoms with E-state index in [0.717, 1.165) is 6.54 Å². The first kappa shape index (κ1) is 17.4. The lowest BCUT2D eigenvalue weighted by Crippen LogP contribution is -2.46. The van der Waals surface area contributed by atoms with Crippen molar-refractivity contribution in [2.45, 2.75) is 12.0 Å². The van der Waals surface area contributed by atoms with E-state index < -0.39 is 0 Å². The Labute approximate surface area is 171 Å². The summed E-state index contributed by atoms with van der Waals surface area (Å²) in [5.74, 6) is 1.21. The van der Waals surface area contributed by atoms with Crippen LogP contribution in [0.25, 0.3) is 0 Å². The van der Waals surface area contributed by atoms with Gasteiger partial charge >= 0.3 is 0 Å². The predicted molar refractivity (Wildman–Crippen MR) is 119 cm³/mol. The van der Waals surface area contributed by atoms with Crippen LogP contribution in [0.1, 0.15) is 23.1 Å². The fraction of sp³-hybridized carbons (Fsp3) is 0.154. The fourth-order valence-electron chi connectivity index (χ4n) is 4.51. The Kier molecular flexibility index (Phi) is 4.58. The maximum absolute atomic E-state index is 2.54. The summed E-state index contributed by atoms with van der Waals surface area (Å²) in [6.45, 7) is 0.970. The van der Waals surface area contributed by atoms with Crippen LogP contribution in [-0.2, 0) is 5.54 Å². The number of nitrogens with zero attached hydrogens (tertiary/aromatic N) is 1. The zero-order valence-corrected chi connectivity index (χ0v) is 16.6. The van der Waals surface area contributed by atoms with Crippen molar-refractivity contribution in [1.29, 1.82) is 0 Å². The summed E-state index contributed by atoms with van der Waals surface area (Å²) in [5.41, 5.74) is 5.11. The topological polar surface area (TPSA) is 3.24 Å². The molecule has 1 nitrogen and oxygen atoms in total. The van der Waals surface area contributed by atoms with E-state index in [1.165, 1.54) is 33.8 Å². The highest BCUT2D eigenvalue weighted by molar-refractivity contribution is 8.03. The van der Waals surface area contributed by atoms with Crippen molar-refractivity contribution >= 4 is 11.8 Å². The van der Waals surface area contributed by atoms with Crippen molar-refractivity contribution in [3.05, 3.63) is 130 Å². The molecule has 0 saturated heterocycles. The van der Waals surface area contributed by atoms with Gasteiger partial charge in [-0.2, -0.15) is 0 Å². The lowest BCUT2D eigenvalue weighted by molar-refractivity contribution is 0.245. The van der Waals surface area contributed by atoms with Gasteiger partial charge < -0.3 is 4.90 Å². The number of rotatable bonds is 4. The molecule has 0 bridgehead atoms. The molecule has 0 N–H and O–H groups in total. The second-order valence-corrected chi connectivity index (χ2v) is 8.46. The van der Waals surface area contributed by atoms with Crippen molar-refractivity contribution < 1.29 is 0 Å². The molecule has 0 aromatic heterocycles. The third-order valence-electron chi connectivity index (χ3n) is 5.78. The monoisotopic (exact) mass is 381 g/mol. The average Bonchev–Trinajstić information content (AvgIpc) is 3.25. The number of benzene rings is 3. The smallest absolute Gasteiger partial charge is 0.116 e. The van der Waals surface area contributed by atoms with Gasteiger partial charge in [-0.3, -0.25) is 0 Å². The lowest BCUT2D eigenvalue weighted by atomic mass is 9.75. The van der Waals surface area contributed by atoms with Crippen LogP contribution in [0.5, 0.6) is 0 Å². The molecule has 2 heteroatoms. The second-order valence-electron chi connectivity index (χ2n) is 7.32. The summed E-state index contributed by atoms with van der Waals surface area (Å²) in [4.78, 5) is 4.01. The Morgan fingerprint density at radius 2 is 1.18 bits per heavy atom. The third-order valence-corrected chi connectivity index (χ3v) is 6.93. The van der Waals surface area contributed by atoms with Crippen molar-refractivity contribution in [2.24, 2.45) is 0 Å². The molecule has 0 saturated carbocycles. The molecule has 0 aliphatic carbocycles. The summed E-state index contributed by atoms with van der Waals surface area (Å²) >= 11 is 1.99. The minimum absolute atomic E-state index is 0.355.